The summed E-state index contributed by atoms with van der Waals surface area (Å²) < 4.78 is 5.92. The predicted octanol–water partition coefficient (Wildman–Crippen LogP) is 4.48. The Kier molecular flexibility index (Phi) is 4.76. The Morgan fingerprint density at radius 1 is 1.30 bits per heavy atom. The van der Waals surface area contributed by atoms with Gasteiger partial charge in [-0.05, 0) is 43.9 Å². The van der Waals surface area contributed by atoms with Crippen LogP contribution in [-0.4, -0.2) is 22.9 Å². The highest BCUT2D eigenvalue weighted by Gasteiger charge is 2.24. The molecule has 0 N–H and O–H groups in total. The van der Waals surface area contributed by atoms with Gasteiger partial charge in [-0.15, -0.1) is 0 Å². The molecule has 3 rings (SSSR count). The molecule has 23 heavy (non-hydrogen) atoms. The topological polar surface area (TPSA) is 59.5 Å². The number of nitrogens with zero attached hydrogens (tertiary/aromatic N) is 2. The van der Waals surface area contributed by atoms with Gasteiger partial charge in [0.1, 0.15) is 11.5 Å². The first-order valence-corrected chi connectivity index (χ1v) is 8.21. The number of nitro benzene ring substituents is 1. The van der Waals surface area contributed by atoms with Crippen LogP contribution in [0.3, 0.4) is 0 Å². The van der Waals surface area contributed by atoms with Gasteiger partial charge in [-0.3, -0.25) is 15.0 Å². The van der Waals surface area contributed by atoms with Crippen LogP contribution in [0.15, 0.2) is 40.8 Å². The van der Waals surface area contributed by atoms with Crippen LogP contribution in [0.5, 0.6) is 0 Å². The predicted molar refractivity (Wildman–Crippen MR) is 89.1 cm³/mol. The molecular weight excluding hydrogens is 292 g/mol. The number of rotatable bonds is 8. The molecule has 0 aliphatic heterocycles. The normalized spacial score (nSPS) is 14.3. The third kappa shape index (κ3) is 4.20. The van der Waals surface area contributed by atoms with Crippen LogP contribution in [0.1, 0.15) is 31.9 Å². The lowest BCUT2D eigenvalue weighted by Gasteiger charge is -2.20. The molecule has 0 unspecified atom stereocenters. The fourth-order valence-electron chi connectivity index (χ4n) is 2.83. The molecule has 5 heteroatoms. The quantitative estimate of drug-likeness (QED) is 0.532. The molecule has 0 amide bonds. The summed E-state index contributed by atoms with van der Waals surface area (Å²) in [5, 5.41) is 10.9. The van der Waals surface area contributed by atoms with E-state index in [2.05, 4.69) is 11.8 Å². The molecule has 0 bridgehead atoms. The summed E-state index contributed by atoms with van der Waals surface area (Å²) in [6, 6.07) is 10.4. The largest absolute Gasteiger partial charge is 0.460 e. The van der Waals surface area contributed by atoms with E-state index in [9.17, 15) is 10.1 Å². The smallest absolute Gasteiger partial charge is 0.270 e. The maximum absolute atomic E-state index is 10.9. The van der Waals surface area contributed by atoms with Crippen LogP contribution in [0, 0.1) is 16.0 Å². The van der Waals surface area contributed by atoms with Crippen LogP contribution in [0.4, 0.5) is 5.69 Å². The second kappa shape index (κ2) is 6.96. The molecular formula is C18H22N2O3. The summed E-state index contributed by atoms with van der Waals surface area (Å²) in [4.78, 5) is 12.9. The molecule has 2 aromatic rings. The zero-order chi connectivity index (χ0) is 16.2. The Morgan fingerprint density at radius 2 is 2.13 bits per heavy atom. The number of non-ortho nitro benzene ring substituents is 1. The molecule has 1 aromatic heterocycles. The lowest BCUT2D eigenvalue weighted by molar-refractivity contribution is -0.384. The minimum Gasteiger partial charge on any atom is -0.460 e. The third-order valence-corrected chi connectivity index (χ3v) is 4.14. The van der Waals surface area contributed by atoms with E-state index in [4.69, 9.17) is 4.42 Å². The molecule has 1 saturated carbocycles. The van der Waals surface area contributed by atoms with Crippen LogP contribution >= 0.6 is 0 Å². The van der Waals surface area contributed by atoms with Gasteiger partial charge >= 0.3 is 0 Å². The van der Waals surface area contributed by atoms with E-state index in [1.165, 1.54) is 18.9 Å². The van der Waals surface area contributed by atoms with E-state index in [1.54, 1.807) is 12.1 Å². The van der Waals surface area contributed by atoms with Gasteiger partial charge in [0.25, 0.3) is 5.69 Å². The molecule has 0 spiro atoms. The molecule has 0 radical (unpaired) electrons. The van der Waals surface area contributed by atoms with Gasteiger partial charge in [-0.2, -0.15) is 0 Å². The van der Waals surface area contributed by atoms with E-state index in [-0.39, 0.29) is 10.6 Å². The maximum atomic E-state index is 10.9. The van der Waals surface area contributed by atoms with Crippen LogP contribution in [-0.2, 0) is 6.54 Å². The van der Waals surface area contributed by atoms with Crippen molar-refractivity contribution in [2.45, 2.75) is 32.7 Å². The Hall–Kier alpha value is -2.14. The fourth-order valence-corrected chi connectivity index (χ4v) is 2.83. The molecule has 1 aromatic carbocycles. The van der Waals surface area contributed by atoms with Gasteiger partial charge in [-0.25, -0.2) is 0 Å². The molecule has 1 aliphatic rings. The van der Waals surface area contributed by atoms with Crippen molar-refractivity contribution in [2.75, 3.05) is 13.1 Å². The maximum Gasteiger partial charge on any atom is 0.270 e. The summed E-state index contributed by atoms with van der Waals surface area (Å²) in [6.07, 6.45) is 3.82. The first-order valence-electron chi connectivity index (χ1n) is 8.21. The van der Waals surface area contributed by atoms with E-state index in [0.717, 1.165) is 43.3 Å². The summed E-state index contributed by atoms with van der Waals surface area (Å²) in [5.41, 5.74) is 0.830. The minimum absolute atomic E-state index is 0.0850. The molecule has 122 valence electrons. The lowest BCUT2D eigenvalue weighted by atomic mass is 10.1. The van der Waals surface area contributed by atoms with Gasteiger partial charge in [0.2, 0.25) is 0 Å². The van der Waals surface area contributed by atoms with Gasteiger partial charge in [0.15, 0.2) is 0 Å². The van der Waals surface area contributed by atoms with Gasteiger partial charge in [0.05, 0.1) is 11.5 Å². The van der Waals surface area contributed by atoms with Crippen LogP contribution in [0.25, 0.3) is 11.3 Å². The zero-order valence-electron chi connectivity index (χ0n) is 13.4. The van der Waals surface area contributed by atoms with E-state index in [1.807, 2.05) is 18.2 Å². The Morgan fingerprint density at radius 3 is 2.83 bits per heavy atom. The van der Waals surface area contributed by atoms with Crippen molar-refractivity contribution in [1.29, 1.82) is 0 Å². The second-order valence-electron chi connectivity index (χ2n) is 6.25. The number of furan rings is 1. The SMILES string of the molecule is CCCN(Cc1ccc(-c2cccc([N+](=O)[O-])c2)o1)CC1CC1. The summed E-state index contributed by atoms with van der Waals surface area (Å²) in [7, 11) is 0. The van der Waals surface area contributed by atoms with Crippen molar-refractivity contribution >= 4 is 5.69 Å². The molecule has 0 saturated heterocycles. The van der Waals surface area contributed by atoms with Crippen LogP contribution in [0.2, 0.25) is 0 Å². The molecule has 5 nitrogen and oxygen atoms in total. The number of nitro groups is 1. The molecule has 1 fully saturated rings. The van der Waals surface area contributed by atoms with E-state index in [0.29, 0.717) is 5.76 Å². The van der Waals surface area contributed by atoms with Gasteiger partial charge in [0, 0.05) is 24.2 Å². The van der Waals surface area contributed by atoms with Crippen molar-refractivity contribution < 1.29 is 9.34 Å². The monoisotopic (exact) mass is 314 g/mol. The second-order valence-corrected chi connectivity index (χ2v) is 6.25. The van der Waals surface area contributed by atoms with E-state index >= 15 is 0 Å². The highest BCUT2D eigenvalue weighted by atomic mass is 16.6. The Bertz CT molecular complexity index is 676. The summed E-state index contributed by atoms with van der Waals surface area (Å²) in [6.45, 7) is 5.21. The Balaban J connectivity index is 1.71. The van der Waals surface area contributed by atoms with Crippen LogP contribution < -0.4 is 0 Å². The standard InChI is InChI=1S/C18H22N2O3/c1-2-10-19(12-14-6-7-14)13-17-8-9-18(23-17)15-4-3-5-16(11-15)20(21)22/h3-5,8-9,11,14H,2,6-7,10,12-13H2,1H3. The van der Waals surface area contributed by atoms with E-state index < -0.39 is 0 Å². The molecule has 0 atom stereocenters. The first kappa shape index (κ1) is 15.7. The van der Waals surface area contributed by atoms with Crippen molar-refractivity contribution in [2.24, 2.45) is 5.92 Å². The van der Waals surface area contributed by atoms with Crippen molar-refractivity contribution in [1.82, 2.24) is 4.90 Å². The third-order valence-electron chi connectivity index (χ3n) is 4.14. The fraction of sp³-hybridized carbons (Fsp3) is 0.444. The Labute approximate surface area is 136 Å². The van der Waals surface area contributed by atoms with Crippen molar-refractivity contribution in [3.05, 3.63) is 52.3 Å². The number of hydrogen-bond donors (Lipinski definition) is 0. The number of benzene rings is 1. The lowest BCUT2D eigenvalue weighted by Crippen LogP contribution is -2.26. The highest BCUT2D eigenvalue weighted by molar-refractivity contribution is 5.61. The van der Waals surface area contributed by atoms with Gasteiger partial charge in [-0.1, -0.05) is 19.1 Å². The number of hydrogen-bond acceptors (Lipinski definition) is 4. The van der Waals surface area contributed by atoms with Crippen molar-refractivity contribution in [3.63, 3.8) is 0 Å². The highest BCUT2D eigenvalue weighted by Crippen LogP contribution is 2.31. The first-order chi connectivity index (χ1) is 11.2. The zero-order valence-corrected chi connectivity index (χ0v) is 13.4. The summed E-state index contributed by atoms with van der Waals surface area (Å²) >= 11 is 0. The average molecular weight is 314 g/mol. The van der Waals surface area contributed by atoms with Gasteiger partial charge < -0.3 is 4.42 Å². The van der Waals surface area contributed by atoms with Crippen molar-refractivity contribution in [3.8, 4) is 11.3 Å². The molecule has 1 heterocycles. The summed E-state index contributed by atoms with van der Waals surface area (Å²) in [5.74, 6) is 2.46. The minimum atomic E-state index is -0.383. The molecule has 1 aliphatic carbocycles. The average Bonchev–Trinajstić information content (AvgIpc) is 3.23.